The van der Waals surface area contributed by atoms with Crippen molar-refractivity contribution in [3.8, 4) is 0 Å². The van der Waals surface area contributed by atoms with Gasteiger partial charge in [0, 0.05) is 45.0 Å². The Bertz CT molecular complexity index is 662. The Morgan fingerprint density at radius 2 is 1.71 bits per heavy atom. The molecule has 4 rings (SSSR count). The van der Waals surface area contributed by atoms with Crippen LogP contribution in [0.4, 0.5) is 0 Å². The summed E-state index contributed by atoms with van der Waals surface area (Å²) in [6.07, 6.45) is 11.7. The van der Waals surface area contributed by atoms with Crippen molar-refractivity contribution in [1.29, 1.82) is 0 Å². The SMILES string of the molecule is O=C(CC1CCCC1)N1CCCN(C(=O)C2(n3cccn3)CCNCC2)CC1. The molecule has 1 aromatic rings. The van der Waals surface area contributed by atoms with E-state index in [0.29, 0.717) is 25.4 Å². The summed E-state index contributed by atoms with van der Waals surface area (Å²) < 4.78 is 1.87. The van der Waals surface area contributed by atoms with Crippen LogP contribution in [0.3, 0.4) is 0 Å². The van der Waals surface area contributed by atoms with Crippen LogP contribution in [0.25, 0.3) is 0 Å². The van der Waals surface area contributed by atoms with Crippen LogP contribution in [0.2, 0.25) is 0 Å². The highest BCUT2D eigenvalue weighted by Crippen LogP contribution is 2.31. The van der Waals surface area contributed by atoms with Gasteiger partial charge in [-0.3, -0.25) is 14.3 Å². The number of carbonyl (C=O) groups is 2. The molecule has 28 heavy (non-hydrogen) atoms. The number of hydrogen-bond acceptors (Lipinski definition) is 4. The minimum absolute atomic E-state index is 0.169. The molecule has 1 N–H and O–H groups in total. The summed E-state index contributed by atoms with van der Waals surface area (Å²) in [5, 5.41) is 7.79. The molecular formula is C21H33N5O2. The van der Waals surface area contributed by atoms with E-state index in [4.69, 9.17) is 0 Å². The minimum Gasteiger partial charge on any atom is -0.341 e. The molecule has 3 fully saturated rings. The third-order valence-electron chi connectivity index (χ3n) is 6.85. The van der Waals surface area contributed by atoms with Crippen LogP contribution >= 0.6 is 0 Å². The number of amides is 2. The van der Waals surface area contributed by atoms with Gasteiger partial charge in [-0.05, 0) is 57.2 Å². The molecule has 0 bridgehead atoms. The van der Waals surface area contributed by atoms with Gasteiger partial charge in [0.1, 0.15) is 5.54 Å². The van der Waals surface area contributed by atoms with Gasteiger partial charge in [0.25, 0.3) is 5.91 Å². The van der Waals surface area contributed by atoms with Crippen LogP contribution in [0, 0.1) is 5.92 Å². The van der Waals surface area contributed by atoms with Gasteiger partial charge in [-0.15, -0.1) is 0 Å². The third-order valence-corrected chi connectivity index (χ3v) is 6.85. The maximum absolute atomic E-state index is 13.6. The number of hydrogen-bond donors (Lipinski definition) is 1. The molecule has 1 saturated carbocycles. The minimum atomic E-state index is -0.586. The number of nitrogens with zero attached hydrogens (tertiary/aromatic N) is 4. The van der Waals surface area contributed by atoms with E-state index < -0.39 is 5.54 Å². The second kappa shape index (κ2) is 8.64. The second-order valence-corrected chi connectivity index (χ2v) is 8.61. The molecule has 0 spiro atoms. The van der Waals surface area contributed by atoms with Gasteiger partial charge >= 0.3 is 0 Å². The first-order valence-corrected chi connectivity index (χ1v) is 11.0. The van der Waals surface area contributed by atoms with E-state index in [1.165, 1.54) is 25.7 Å². The van der Waals surface area contributed by atoms with Crippen LogP contribution in [0.15, 0.2) is 18.5 Å². The van der Waals surface area contributed by atoms with E-state index in [-0.39, 0.29) is 11.8 Å². The van der Waals surface area contributed by atoms with Gasteiger partial charge < -0.3 is 15.1 Å². The summed E-state index contributed by atoms with van der Waals surface area (Å²) in [6.45, 7) is 4.43. The first-order chi connectivity index (χ1) is 13.7. The molecule has 0 unspecified atom stereocenters. The topological polar surface area (TPSA) is 70.5 Å². The summed E-state index contributed by atoms with van der Waals surface area (Å²) in [6, 6.07) is 1.89. The lowest BCUT2D eigenvalue weighted by atomic mass is 9.86. The van der Waals surface area contributed by atoms with Crippen molar-refractivity contribution in [3.63, 3.8) is 0 Å². The molecule has 1 aromatic heterocycles. The Balaban J connectivity index is 1.41. The fourth-order valence-electron chi connectivity index (χ4n) is 5.16. The fourth-order valence-corrected chi connectivity index (χ4v) is 5.16. The highest BCUT2D eigenvalue weighted by atomic mass is 16.2. The van der Waals surface area contributed by atoms with E-state index in [2.05, 4.69) is 10.4 Å². The number of piperidine rings is 1. The lowest BCUT2D eigenvalue weighted by molar-refractivity contribution is -0.143. The van der Waals surface area contributed by atoms with Crippen molar-refractivity contribution < 1.29 is 9.59 Å². The average molecular weight is 388 g/mol. The highest BCUT2D eigenvalue weighted by Gasteiger charge is 2.44. The molecule has 0 aromatic carbocycles. The molecule has 2 aliphatic heterocycles. The average Bonchev–Trinajstić information content (AvgIpc) is 3.38. The monoisotopic (exact) mass is 387 g/mol. The zero-order valence-corrected chi connectivity index (χ0v) is 16.8. The number of nitrogens with one attached hydrogen (secondary N) is 1. The molecule has 3 heterocycles. The lowest BCUT2D eigenvalue weighted by Gasteiger charge is -2.40. The highest BCUT2D eigenvalue weighted by molar-refractivity contribution is 5.85. The van der Waals surface area contributed by atoms with Crippen LogP contribution in [0.5, 0.6) is 0 Å². The molecule has 7 heteroatoms. The summed E-state index contributed by atoms with van der Waals surface area (Å²) >= 11 is 0. The summed E-state index contributed by atoms with van der Waals surface area (Å²) in [4.78, 5) is 30.3. The Hall–Kier alpha value is -1.89. The molecule has 7 nitrogen and oxygen atoms in total. The van der Waals surface area contributed by atoms with E-state index >= 15 is 0 Å². The molecule has 0 radical (unpaired) electrons. The van der Waals surface area contributed by atoms with Crippen LogP contribution in [-0.4, -0.2) is 70.7 Å². The van der Waals surface area contributed by atoms with Crippen molar-refractivity contribution in [2.75, 3.05) is 39.3 Å². The largest absolute Gasteiger partial charge is 0.341 e. The Morgan fingerprint density at radius 3 is 2.43 bits per heavy atom. The van der Waals surface area contributed by atoms with Crippen LogP contribution in [0.1, 0.15) is 51.4 Å². The maximum atomic E-state index is 13.6. The van der Waals surface area contributed by atoms with Crippen molar-refractivity contribution >= 4 is 11.8 Å². The van der Waals surface area contributed by atoms with Gasteiger partial charge in [0.2, 0.25) is 5.91 Å². The molecule has 1 aliphatic carbocycles. The first-order valence-electron chi connectivity index (χ1n) is 11.0. The Labute approximate surface area is 167 Å². The van der Waals surface area contributed by atoms with E-state index in [1.807, 2.05) is 26.7 Å². The molecule has 2 amide bonds. The normalized spacial score (nSPS) is 23.6. The van der Waals surface area contributed by atoms with E-state index in [9.17, 15) is 9.59 Å². The Kier molecular flexibility index (Phi) is 5.99. The lowest BCUT2D eigenvalue weighted by Crippen LogP contribution is -2.56. The molecule has 2 saturated heterocycles. The van der Waals surface area contributed by atoms with Crippen molar-refractivity contribution in [3.05, 3.63) is 18.5 Å². The number of aromatic nitrogens is 2. The van der Waals surface area contributed by atoms with Crippen molar-refractivity contribution in [2.24, 2.45) is 5.92 Å². The molecule has 154 valence electrons. The number of carbonyl (C=O) groups excluding carboxylic acids is 2. The van der Waals surface area contributed by atoms with Gasteiger partial charge in [-0.25, -0.2) is 0 Å². The molecular weight excluding hydrogens is 354 g/mol. The Morgan fingerprint density at radius 1 is 1.00 bits per heavy atom. The second-order valence-electron chi connectivity index (χ2n) is 8.61. The first kappa shape index (κ1) is 19.4. The van der Waals surface area contributed by atoms with Crippen molar-refractivity contribution in [1.82, 2.24) is 24.9 Å². The summed E-state index contributed by atoms with van der Waals surface area (Å²) in [5.74, 6) is 1.03. The van der Waals surface area contributed by atoms with Gasteiger partial charge in [-0.2, -0.15) is 5.10 Å². The van der Waals surface area contributed by atoms with Gasteiger partial charge in [0.15, 0.2) is 0 Å². The van der Waals surface area contributed by atoms with Crippen molar-refractivity contribution in [2.45, 2.75) is 56.9 Å². The predicted molar refractivity (Wildman–Crippen MR) is 107 cm³/mol. The summed E-state index contributed by atoms with van der Waals surface area (Å²) in [7, 11) is 0. The van der Waals surface area contributed by atoms with Crippen LogP contribution in [-0.2, 0) is 15.1 Å². The number of rotatable bonds is 4. The maximum Gasteiger partial charge on any atom is 0.250 e. The van der Waals surface area contributed by atoms with Gasteiger partial charge in [0.05, 0.1) is 0 Å². The quantitative estimate of drug-likeness (QED) is 0.852. The predicted octanol–water partition coefficient (Wildman–Crippen LogP) is 1.60. The fraction of sp³-hybridized carbons (Fsp3) is 0.762. The molecule has 3 aliphatic rings. The van der Waals surface area contributed by atoms with Crippen LogP contribution < -0.4 is 5.32 Å². The van der Waals surface area contributed by atoms with E-state index in [0.717, 1.165) is 45.4 Å². The molecule has 0 atom stereocenters. The zero-order valence-electron chi connectivity index (χ0n) is 16.8. The third kappa shape index (κ3) is 3.95. The van der Waals surface area contributed by atoms with E-state index in [1.54, 1.807) is 6.20 Å². The smallest absolute Gasteiger partial charge is 0.250 e. The standard InChI is InChI=1S/C21H33N5O2/c27-19(17-18-5-1-2-6-18)24-12-4-13-25(16-15-24)20(28)21(7-10-22-11-8-21)26-14-3-9-23-26/h3,9,14,18,22H,1-2,4-8,10-13,15-17H2. The van der Waals surface area contributed by atoms with Gasteiger partial charge in [-0.1, -0.05) is 12.8 Å². The zero-order chi connectivity index (χ0) is 19.4. The summed E-state index contributed by atoms with van der Waals surface area (Å²) in [5.41, 5.74) is -0.586.